The zero-order chi connectivity index (χ0) is 18.7. The normalized spacial score (nSPS) is 22.2. The van der Waals surface area contributed by atoms with E-state index in [0.29, 0.717) is 16.4 Å². The van der Waals surface area contributed by atoms with Gasteiger partial charge < -0.3 is 15.8 Å². The summed E-state index contributed by atoms with van der Waals surface area (Å²) in [5.74, 6) is -0.363. The molecule has 1 aromatic heterocycles. The fraction of sp³-hybridized carbons (Fsp3) is 0.444. The van der Waals surface area contributed by atoms with Crippen LogP contribution in [0.2, 0.25) is 0 Å². The van der Waals surface area contributed by atoms with E-state index >= 15 is 0 Å². The summed E-state index contributed by atoms with van der Waals surface area (Å²) in [7, 11) is 0. The number of aromatic nitrogens is 1. The molecule has 1 aromatic carbocycles. The maximum Gasteiger partial charge on any atom is 0.387 e. The predicted octanol–water partition coefficient (Wildman–Crippen LogP) is 4.68. The average Bonchev–Trinajstić information content (AvgIpc) is 3.02. The van der Waals surface area contributed by atoms with Crippen LogP contribution in [-0.2, 0) is 4.79 Å². The first-order valence-electron chi connectivity index (χ1n) is 8.46. The molecule has 1 aliphatic rings. The lowest BCUT2D eigenvalue weighted by atomic mass is 9.74. The Morgan fingerprint density at radius 3 is 2.85 bits per heavy atom. The minimum atomic E-state index is -2.91. The first-order chi connectivity index (χ1) is 12.4. The van der Waals surface area contributed by atoms with Gasteiger partial charge in [-0.25, -0.2) is 4.98 Å². The van der Waals surface area contributed by atoms with Gasteiger partial charge in [-0.05, 0) is 31.9 Å². The summed E-state index contributed by atoms with van der Waals surface area (Å²) < 4.78 is 29.7. The number of anilines is 1. The smallest absolute Gasteiger partial charge is 0.387 e. The van der Waals surface area contributed by atoms with Crippen molar-refractivity contribution >= 4 is 34.8 Å². The summed E-state index contributed by atoms with van der Waals surface area (Å²) in [5.41, 5.74) is 6.67. The van der Waals surface area contributed by atoms with Crippen molar-refractivity contribution < 1.29 is 18.3 Å². The van der Waals surface area contributed by atoms with E-state index in [0.717, 1.165) is 25.7 Å². The molecular formula is C18H22ClF2N3O2S. The lowest BCUT2D eigenvalue weighted by molar-refractivity contribution is -0.122. The van der Waals surface area contributed by atoms with Crippen LogP contribution in [0, 0.1) is 5.92 Å². The highest BCUT2D eigenvalue weighted by molar-refractivity contribution is 7.14. The number of halogens is 3. The number of rotatable bonds is 5. The van der Waals surface area contributed by atoms with Crippen molar-refractivity contribution in [1.29, 1.82) is 0 Å². The molecular weight excluding hydrogens is 396 g/mol. The summed E-state index contributed by atoms with van der Waals surface area (Å²) in [6.07, 6.45) is 3.57. The van der Waals surface area contributed by atoms with Crippen LogP contribution in [0.15, 0.2) is 29.6 Å². The molecule has 3 rings (SSSR count). The minimum Gasteiger partial charge on any atom is -0.434 e. The zero-order valence-corrected chi connectivity index (χ0v) is 16.4. The van der Waals surface area contributed by atoms with Crippen molar-refractivity contribution in [3.8, 4) is 17.0 Å². The number of para-hydroxylation sites is 1. The Hall–Kier alpha value is -1.77. The molecule has 1 aliphatic carbocycles. The molecule has 2 unspecified atom stereocenters. The Morgan fingerprint density at radius 2 is 2.15 bits per heavy atom. The number of benzene rings is 1. The van der Waals surface area contributed by atoms with Crippen molar-refractivity contribution in [3.05, 3.63) is 29.6 Å². The van der Waals surface area contributed by atoms with Gasteiger partial charge in [-0.3, -0.25) is 4.79 Å². The van der Waals surface area contributed by atoms with Crippen LogP contribution in [0.5, 0.6) is 5.75 Å². The summed E-state index contributed by atoms with van der Waals surface area (Å²) in [5, 5.41) is 4.93. The molecule has 1 saturated carbocycles. The number of nitrogens with zero attached hydrogens (tertiary/aromatic N) is 1. The van der Waals surface area contributed by atoms with Crippen LogP contribution in [0.25, 0.3) is 11.3 Å². The minimum absolute atomic E-state index is 0. The number of alkyl halides is 2. The number of thiazole rings is 1. The van der Waals surface area contributed by atoms with Crippen LogP contribution in [0.1, 0.15) is 32.6 Å². The van der Waals surface area contributed by atoms with Crippen molar-refractivity contribution in [3.63, 3.8) is 0 Å². The number of nitrogens with two attached hydrogens (primary N) is 1. The molecule has 0 spiro atoms. The van der Waals surface area contributed by atoms with E-state index < -0.39 is 12.2 Å². The summed E-state index contributed by atoms with van der Waals surface area (Å²) in [6.45, 7) is -1.01. The molecule has 148 valence electrons. The number of carbonyl (C=O) groups is 1. The Bertz CT molecular complexity index is 785. The molecule has 2 aromatic rings. The third kappa shape index (κ3) is 5.15. The highest BCUT2D eigenvalue weighted by atomic mass is 35.5. The van der Waals surface area contributed by atoms with Crippen molar-refractivity contribution in [1.82, 2.24) is 4.98 Å². The second-order valence-corrected chi connectivity index (χ2v) is 7.56. The van der Waals surface area contributed by atoms with Crippen LogP contribution in [-0.4, -0.2) is 23.0 Å². The van der Waals surface area contributed by atoms with Gasteiger partial charge >= 0.3 is 6.61 Å². The van der Waals surface area contributed by atoms with Gasteiger partial charge in [-0.1, -0.05) is 25.0 Å². The molecule has 9 heteroatoms. The van der Waals surface area contributed by atoms with Gasteiger partial charge in [0.25, 0.3) is 0 Å². The molecule has 0 saturated heterocycles. The second kappa shape index (κ2) is 8.95. The Labute approximate surface area is 166 Å². The van der Waals surface area contributed by atoms with Crippen LogP contribution < -0.4 is 15.8 Å². The molecule has 0 aliphatic heterocycles. The molecule has 3 N–H and O–H groups in total. The van der Waals surface area contributed by atoms with Gasteiger partial charge in [0.15, 0.2) is 5.13 Å². The predicted molar refractivity (Wildman–Crippen MR) is 105 cm³/mol. The Kier molecular flexibility index (Phi) is 7.13. The van der Waals surface area contributed by atoms with Gasteiger partial charge in [0.2, 0.25) is 5.91 Å². The Morgan fingerprint density at radius 1 is 1.41 bits per heavy atom. The van der Waals surface area contributed by atoms with E-state index in [9.17, 15) is 13.6 Å². The third-order valence-corrected chi connectivity index (χ3v) is 5.44. The molecule has 27 heavy (non-hydrogen) atoms. The van der Waals surface area contributed by atoms with Crippen LogP contribution in [0.4, 0.5) is 13.9 Å². The van der Waals surface area contributed by atoms with E-state index in [1.54, 1.807) is 23.6 Å². The first kappa shape index (κ1) is 21.5. The largest absolute Gasteiger partial charge is 0.434 e. The van der Waals surface area contributed by atoms with E-state index in [1.807, 2.05) is 6.92 Å². The highest BCUT2D eigenvalue weighted by Crippen LogP contribution is 2.35. The second-order valence-electron chi connectivity index (χ2n) is 6.71. The van der Waals surface area contributed by atoms with Gasteiger partial charge in [-0.15, -0.1) is 23.7 Å². The average molecular weight is 418 g/mol. The number of hydrogen-bond acceptors (Lipinski definition) is 5. The van der Waals surface area contributed by atoms with Crippen molar-refractivity contribution in [2.24, 2.45) is 11.7 Å². The fourth-order valence-corrected chi connectivity index (χ4v) is 4.03. The van der Waals surface area contributed by atoms with Gasteiger partial charge in [0, 0.05) is 16.5 Å². The van der Waals surface area contributed by atoms with Crippen molar-refractivity contribution in [2.75, 3.05) is 5.32 Å². The zero-order valence-electron chi connectivity index (χ0n) is 14.8. The lowest BCUT2D eigenvalue weighted by Gasteiger charge is -2.36. The molecule has 1 heterocycles. The summed E-state index contributed by atoms with van der Waals surface area (Å²) >= 11 is 1.24. The molecule has 5 nitrogen and oxygen atoms in total. The maximum absolute atomic E-state index is 12.6. The third-order valence-electron chi connectivity index (χ3n) is 4.68. The topological polar surface area (TPSA) is 77.2 Å². The van der Waals surface area contributed by atoms with E-state index in [-0.39, 0.29) is 30.0 Å². The SMILES string of the molecule is CC1(N)CCCCC1C(=O)Nc1nc(-c2ccccc2OC(F)F)cs1.Cl. The van der Waals surface area contributed by atoms with E-state index in [2.05, 4.69) is 15.0 Å². The number of ether oxygens (including phenoxy) is 1. The van der Waals surface area contributed by atoms with Gasteiger partial charge in [-0.2, -0.15) is 8.78 Å². The van der Waals surface area contributed by atoms with Crippen LogP contribution in [0.3, 0.4) is 0 Å². The quantitative estimate of drug-likeness (QED) is 0.740. The number of amides is 1. The van der Waals surface area contributed by atoms with Gasteiger partial charge in [0.1, 0.15) is 5.75 Å². The molecule has 0 bridgehead atoms. The fourth-order valence-electron chi connectivity index (χ4n) is 3.31. The molecule has 0 radical (unpaired) electrons. The molecule has 2 atom stereocenters. The van der Waals surface area contributed by atoms with E-state index in [4.69, 9.17) is 5.73 Å². The van der Waals surface area contributed by atoms with Crippen LogP contribution >= 0.6 is 23.7 Å². The maximum atomic E-state index is 12.6. The van der Waals surface area contributed by atoms with E-state index in [1.165, 1.54) is 17.4 Å². The number of nitrogens with one attached hydrogen (secondary N) is 1. The lowest BCUT2D eigenvalue weighted by Crippen LogP contribution is -2.51. The summed E-state index contributed by atoms with van der Waals surface area (Å²) in [4.78, 5) is 16.9. The highest BCUT2D eigenvalue weighted by Gasteiger charge is 2.38. The Balaban J connectivity index is 0.00000261. The molecule has 1 amide bonds. The number of carbonyl (C=O) groups excluding carboxylic acids is 1. The monoisotopic (exact) mass is 417 g/mol. The van der Waals surface area contributed by atoms with Gasteiger partial charge in [0.05, 0.1) is 11.6 Å². The summed E-state index contributed by atoms with van der Waals surface area (Å²) in [6, 6.07) is 6.44. The molecule has 1 fully saturated rings. The first-order valence-corrected chi connectivity index (χ1v) is 9.34. The number of hydrogen-bond donors (Lipinski definition) is 2. The standard InChI is InChI=1S/C18H21F2N3O2S.ClH/c1-18(21)9-5-4-7-12(18)15(24)23-17-22-13(10-26-17)11-6-2-3-8-14(11)25-16(19)20;/h2-3,6,8,10,12,16H,4-5,7,9,21H2,1H3,(H,22,23,24);1H. The van der Waals surface area contributed by atoms with Crippen molar-refractivity contribution in [2.45, 2.75) is 44.8 Å².